The minimum Gasteiger partial charge on any atom is -0.462 e. The highest BCUT2D eigenvalue weighted by Crippen LogP contribution is 2.53. The van der Waals surface area contributed by atoms with Gasteiger partial charge in [0.2, 0.25) is 0 Å². The summed E-state index contributed by atoms with van der Waals surface area (Å²) >= 11 is 0. The molecule has 28 heavy (non-hydrogen) atoms. The number of hydrogen-bond acceptors (Lipinski definition) is 5. The summed E-state index contributed by atoms with van der Waals surface area (Å²) in [5, 5.41) is 0. The highest BCUT2D eigenvalue weighted by Gasteiger charge is 2.47. The number of rotatable bonds is 2. The fourth-order valence-electron chi connectivity index (χ4n) is 4.53. The van der Waals surface area contributed by atoms with Crippen LogP contribution in [-0.2, 0) is 15.0 Å². The molecule has 3 aliphatic heterocycles. The molecule has 1 atom stereocenters. The zero-order valence-corrected chi connectivity index (χ0v) is 15.6. The first-order valence-electron chi connectivity index (χ1n) is 9.95. The van der Waals surface area contributed by atoms with Gasteiger partial charge in [-0.3, -0.25) is 0 Å². The maximum atomic E-state index is 6.29. The maximum Gasteiger partial charge on any atom is 0.283 e. The minimum atomic E-state index is -0.639. The fraction of sp³-hybridized carbons (Fsp3) is 0.348. The second-order valence-corrected chi connectivity index (χ2v) is 8.00. The van der Waals surface area contributed by atoms with Crippen molar-refractivity contribution in [3.8, 4) is 11.5 Å². The zero-order valence-electron chi connectivity index (χ0n) is 15.6. The summed E-state index contributed by atoms with van der Waals surface area (Å²) in [6, 6.07) is 13.1. The molecule has 1 fully saturated rings. The predicted octanol–water partition coefficient (Wildman–Crippen LogP) is 4.06. The molecule has 5 heteroatoms. The van der Waals surface area contributed by atoms with E-state index in [0.717, 1.165) is 35.7 Å². The van der Waals surface area contributed by atoms with Crippen LogP contribution in [0.4, 0.5) is 0 Å². The van der Waals surface area contributed by atoms with Crippen molar-refractivity contribution < 1.29 is 14.2 Å². The van der Waals surface area contributed by atoms with E-state index < -0.39 is 5.54 Å². The number of amidine groups is 1. The Kier molecular flexibility index (Phi) is 3.38. The largest absolute Gasteiger partial charge is 0.462 e. The fourth-order valence-corrected chi connectivity index (χ4v) is 4.53. The number of benzene rings is 2. The van der Waals surface area contributed by atoms with Crippen LogP contribution in [-0.4, -0.2) is 25.8 Å². The molecule has 1 spiro atoms. The van der Waals surface area contributed by atoms with Gasteiger partial charge in [0.25, 0.3) is 6.02 Å². The van der Waals surface area contributed by atoms with Gasteiger partial charge in [-0.15, -0.1) is 0 Å². The smallest absolute Gasteiger partial charge is 0.283 e. The molecule has 5 nitrogen and oxygen atoms in total. The van der Waals surface area contributed by atoms with Gasteiger partial charge in [-0.25, -0.2) is 4.99 Å². The van der Waals surface area contributed by atoms with E-state index in [1.54, 1.807) is 0 Å². The van der Waals surface area contributed by atoms with Crippen LogP contribution < -0.4 is 10.5 Å². The molecule has 0 amide bonds. The molecule has 3 heterocycles. The first-order chi connectivity index (χ1) is 13.7. The quantitative estimate of drug-likeness (QED) is 0.861. The molecular formula is C23H22N2O3. The van der Waals surface area contributed by atoms with Crippen LogP contribution in [0.3, 0.4) is 0 Å². The van der Waals surface area contributed by atoms with Crippen LogP contribution in [0.15, 0.2) is 47.5 Å². The molecule has 1 aliphatic carbocycles. The van der Waals surface area contributed by atoms with E-state index in [2.05, 4.69) is 36.4 Å². The number of nitrogens with two attached hydrogens (primary N) is 1. The summed E-state index contributed by atoms with van der Waals surface area (Å²) in [6.45, 7) is 1.82. The number of hydrogen-bond donors (Lipinski definition) is 1. The monoisotopic (exact) mass is 374 g/mol. The Balaban J connectivity index is 1.54. The van der Waals surface area contributed by atoms with Crippen LogP contribution >= 0.6 is 0 Å². The van der Waals surface area contributed by atoms with E-state index in [4.69, 9.17) is 24.9 Å². The number of nitrogens with zero attached hydrogens (tertiary/aromatic N) is 1. The summed E-state index contributed by atoms with van der Waals surface area (Å²) in [5.41, 5.74) is 11.3. The minimum absolute atomic E-state index is 0.242. The van der Waals surface area contributed by atoms with Gasteiger partial charge in [0.1, 0.15) is 18.1 Å². The van der Waals surface area contributed by atoms with Gasteiger partial charge in [0.15, 0.2) is 5.54 Å². The number of aliphatic imine (C=N–C) groups is 1. The normalized spacial score (nSPS) is 25.3. The molecule has 6 rings (SSSR count). The Bertz CT molecular complexity index is 1040. The molecule has 2 aromatic carbocycles. The summed E-state index contributed by atoms with van der Waals surface area (Å²) in [6.07, 6.45) is 5.58. The molecule has 142 valence electrons. The van der Waals surface area contributed by atoms with Gasteiger partial charge in [0.05, 0.1) is 13.2 Å². The predicted molar refractivity (Wildman–Crippen MR) is 107 cm³/mol. The van der Waals surface area contributed by atoms with Crippen molar-refractivity contribution in [2.45, 2.75) is 30.7 Å². The van der Waals surface area contributed by atoms with E-state index in [0.29, 0.717) is 19.1 Å². The van der Waals surface area contributed by atoms with Gasteiger partial charge in [0, 0.05) is 11.1 Å². The van der Waals surface area contributed by atoms with Crippen molar-refractivity contribution in [2.75, 3.05) is 19.8 Å². The molecule has 1 saturated carbocycles. The average Bonchev–Trinajstić information content (AvgIpc) is 3.51. The van der Waals surface area contributed by atoms with Crippen molar-refractivity contribution in [1.82, 2.24) is 0 Å². The Labute approximate surface area is 163 Å². The second kappa shape index (κ2) is 5.85. The van der Waals surface area contributed by atoms with E-state index in [-0.39, 0.29) is 6.02 Å². The van der Waals surface area contributed by atoms with Gasteiger partial charge < -0.3 is 19.9 Å². The van der Waals surface area contributed by atoms with E-state index >= 15 is 0 Å². The third kappa shape index (κ3) is 2.39. The average molecular weight is 374 g/mol. The van der Waals surface area contributed by atoms with Gasteiger partial charge in [-0.05, 0) is 66.1 Å². The topological polar surface area (TPSA) is 66.1 Å². The molecule has 0 unspecified atom stereocenters. The molecule has 2 aromatic rings. The van der Waals surface area contributed by atoms with Crippen LogP contribution in [0, 0.1) is 0 Å². The molecule has 2 N–H and O–H groups in total. The van der Waals surface area contributed by atoms with Crippen molar-refractivity contribution in [3.05, 3.63) is 64.7 Å². The molecule has 4 aliphatic rings. The maximum absolute atomic E-state index is 6.29. The second-order valence-electron chi connectivity index (χ2n) is 8.00. The highest BCUT2D eigenvalue weighted by molar-refractivity contribution is 5.78. The first kappa shape index (κ1) is 16.2. The Morgan fingerprint density at radius 3 is 2.57 bits per heavy atom. The van der Waals surface area contributed by atoms with Gasteiger partial charge >= 0.3 is 0 Å². The summed E-state index contributed by atoms with van der Waals surface area (Å²) in [5.74, 6) is 2.33. The Morgan fingerprint density at radius 1 is 1.04 bits per heavy atom. The molecule has 0 radical (unpaired) electrons. The summed E-state index contributed by atoms with van der Waals surface area (Å²) < 4.78 is 17.5. The third-order valence-corrected chi connectivity index (χ3v) is 6.21. The third-order valence-electron chi connectivity index (χ3n) is 6.21. The summed E-state index contributed by atoms with van der Waals surface area (Å²) in [4.78, 5) is 4.82. The van der Waals surface area contributed by atoms with Crippen molar-refractivity contribution >= 4 is 11.6 Å². The van der Waals surface area contributed by atoms with Crippen LogP contribution in [0.1, 0.15) is 47.4 Å². The lowest BCUT2D eigenvalue weighted by atomic mass is 9.79. The lowest BCUT2D eigenvalue weighted by molar-refractivity contribution is 0.161. The number of ether oxygens (including phenoxy) is 3. The Morgan fingerprint density at radius 2 is 1.86 bits per heavy atom. The van der Waals surface area contributed by atoms with Crippen molar-refractivity contribution in [1.29, 1.82) is 0 Å². The van der Waals surface area contributed by atoms with Crippen LogP contribution in [0.2, 0.25) is 0 Å². The van der Waals surface area contributed by atoms with Crippen LogP contribution in [0.25, 0.3) is 5.57 Å². The highest BCUT2D eigenvalue weighted by atomic mass is 16.5. The van der Waals surface area contributed by atoms with E-state index in [1.165, 1.54) is 29.5 Å². The first-order valence-corrected chi connectivity index (χ1v) is 9.95. The molecule has 0 aromatic heterocycles. The molecule has 0 saturated heterocycles. The lowest BCUT2D eigenvalue weighted by Gasteiger charge is -2.34. The van der Waals surface area contributed by atoms with Gasteiger partial charge in [-0.2, -0.15) is 0 Å². The van der Waals surface area contributed by atoms with Crippen LogP contribution in [0.5, 0.6) is 11.5 Å². The molecular weight excluding hydrogens is 352 g/mol. The molecule has 0 bridgehead atoms. The van der Waals surface area contributed by atoms with Crippen molar-refractivity contribution in [2.24, 2.45) is 10.7 Å². The number of fused-ring (bicyclic) bond motifs is 4. The van der Waals surface area contributed by atoms with Crippen molar-refractivity contribution in [3.63, 3.8) is 0 Å². The lowest BCUT2D eigenvalue weighted by Crippen LogP contribution is -2.31. The van der Waals surface area contributed by atoms with E-state index in [1.807, 2.05) is 6.07 Å². The van der Waals surface area contributed by atoms with E-state index in [9.17, 15) is 0 Å². The standard InChI is InChI=1S/C23H22N2O3/c24-22-25-23(13-27-22)18-11-16(14-1-2-14)3-5-20(18)28-21-6-4-17(12-19(21)23)15-7-9-26-10-8-15/h3-7,11-12,14H,1-2,8-10,13H2,(H2,24,25)/t23-/m0/s1. The zero-order chi connectivity index (χ0) is 18.7. The summed E-state index contributed by atoms with van der Waals surface area (Å²) in [7, 11) is 0. The SMILES string of the molecule is NC1=N[C@]2(CO1)c1cc(C3=CCOCC3)ccc1Oc1ccc(C3CC3)cc12. The Hall–Kier alpha value is -2.79. The van der Waals surface area contributed by atoms with Gasteiger partial charge in [-0.1, -0.05) is 18.2 Å².